The Kier molecular flexibility index (Phi) is 6.70. The fourth-order valence-electron chi connectivity index (χ4n) is 3.46. The summed E-state index contributed by atoms with van der Waals surface area (Å²) in [6.45, 7) is 0. The van der Waals surface area contributed by atoms with Crippen LogP contribution in [-0.4, -0.2) is 27.5 Å². The molecule has 1 aliphatic carbocycles. The molecular weight excluding hydrogens is 409 g/mol. The third-order valence-corrected chi connectivity index (χ3v) is 6.55. The van der Waals surface area contributed by atoms with Gasteiger partial charge in [-0.05, 0) is 37.1 Å². The number of carbonyl (C=O) groups excluding carboxylic acids is 1. The molecule has 1 saturated carbocycles. The first kappa shape index (κ1) is 21.7. The molecule has 0 aromatic heterocycles. The smallest absolute Gasteiger partial charge is 0.252 e. The van der Waals surface area contributed by atoms with Gasteiger partial charge >= 0.3 is 0 Å². The summed E-state index contributed by atoms with van der Waals surface area (Å²) < 4.78 is 47.5. The maximum Gasteiger partial charge on any atom is 0.252 e. The zero-order valence-electron chi connectivity index (χ0n) is 16.4. The van der Waals surface area contributed by atoms with E-state index in [1.165, 1.54) is 43.5 Å². The molecule has 2 N–H and O–H groups in total. The zero-order chi connectivity index (χ0) is 21.7. The number of nitrogens with one attached hydrogen (secondary N) is 2. The number of amides is 1. The monoisotopic (exact) mass is 431 g/mol. The molecular formula is C21H22FN3O4S. The molecule has 0 radical (unpaired) electrons. The summed E-state index contributed by atoms with van der Waals surface area (Å²) in [5.74, 6) is -1.23. The first-order chi connectivity index (χ1) is 14.4. The molecule has 0 saturated heterocycles. The standard InChI is InChI=1S/C21H22FN3O4S/c1-29-19-11-10-14(12-20(19)30(27,28)25-15-6-2-3-7-15)21(26)24-18(13-23)16-8-4-5-9-17(16)22/h4-5,8-12,15,18,25H,2-3,6-7H2,1H3,(H,24,26). The maximum atomic E-state index is 14.0. The highest BCUT2D eigenvalue weighted by Crippen LogP contribution is 2.27. The number of nitrogens with zero attached hydrogens (tertiary/aromatic N) is 1. The van der Waals surface area contributed by atoms with Gasteiger partial charge in [0, 0.05) is 17.2 Å². The van der Waals surface area contributed by atoms with Crippen molar-refractivity contribution < 1.29 is 22.3 Å². The highest BCUT2D eigenvalue weighted by Gasteiger charge is 2.27. The lowest BCUT2D eigenvalue weighted by Crippen LogP contribution is -2.33. The number of ether oxygens (including phenoxy) is 1. The molecule has 1 atom stereocenters. The van der Waals surface area contributed by atoms with Crippen molar-refractivity contribution >= 4 is 15.9 Å². The lowest BCUT2D eigenvalue weighted by atomic mass is 10.1. The Morgan fingerprint density at radius 1 is 1.23 bits per heavy atom. The van der Waals surface area contributed by atoms with Crippen LogP contribution < -0.4 is 14.8 Å². The summed E-state index contributed by atoms with van der Waals surface area (Å²) in [5, 5.41) is 11.8. The number of halogens is 1. The lowest BCUT2D eigenvalue weighted by molar-refractivity contribution is 0.0944. The summed E-state index contributed by atoms with van der Waals surface area (Å²) in [6.07, 6.45) is 3.43. The maximum absolute atomic E-state index is 14.0. The van der Waals surface area contributed by atoms with E-state index in [1.807, 2.05) is 6.07 Å². The van der Waals surface area contributed by atoms with Gasteiger partial charge in [-0.1, -0.05) is 31.0 Å². The van der Waals surface area contributed by atoms with Crippen molar-refractivity contribution in [1.29, 1.82) is 5.26 Å². The van der Waals surface area contributed by atoms with Crippen molar-refractivity contribution in [3.63, 3.8) is 0 Å². The van der Waals surface area contributed by atoms with Gasteiger partial charge in [0.25, 0.3) is 5.91 Å². The normalized spacial score (nSPS) is 15.4. The van der Waals surface area contributed by atoms with Crippen molar-refractivity contribution in [3.05, 3.63) is 59.4 Å². The van der Waals surface area contributed by atoms with Gasteiger partial charge in [-0.15, -0.1) is 0 Å². The molecule has 158 valence electrons. The van der Waals surface area contributed by atoms with Crippen molar-refractivity contribution in [3.8, 4) is 11.8 Å². The third-order valence-electron chi connectivity index (χ3n) is 5.01. The minimum Gasteiger partial charge on any atom is -0.495 e. The van der Waals surface area contributed by atoms with Gasteiger partial charge in [0.2, 0.25) is 10.0 Å². The van der Waals surface area contributed by atoms with Crippen molar-refractivity contribution in [2.75, 3.05) is 7.11 Å². The van der Waals surface area contributed by atoms with Crippen LogP contribution >= 0.6 is 0 Å². The Hall–Kier alpha value is -2.96. The van der Waals surface area contributed by atoms with Gasteiger partial charge < -0.3 is 10.1 Å². The Morgan fingerprint density at radius 3 is 2.57 bits per heavy atom. The van der Waals surface area contributed by atoms with E-state index in [4.69, 9.17) is 4.74 Å². The van der Waals surface area contributed by atoms with Crippen LogP contribution in [0, 0.1) is 17.1 Å². The van der Waals surface area contributed by atoms with Gasteiger partial charge in [0.05, 0.1) is 13.2 Å². The molecule has 1 unspecified atom stereocenters. The van der Waals surface area contributed by atoms with Crippen LogP contribution in [0.5, 0.6) is 5.75 Å². The van der Waals surface area contributed by atoms with E-state index in [1.54, 1.807) is 6.07 Å². The largest absolute Gasteiger partial charge is 0.495 e. The Balaban J connectivity index is 1.87. The molecule has 1 fully saturated rings. The molecule has 2 aromatic rings. The molecule has 0 heterocycles. The van der Waals surface area contributed by atoms with Gasteiger partial charge in [-0.25, -0.2) is 17.5 Å². The van der Waals surface area contributed by atoms with Crippen LogP contribution in [0.2, 0.25) is 0 Å². The molecule has 9 heteroatoms. The predicted octanol–water partition coefficient (Wildman–Crippen LogP) is 3.05. The van der Waals surface area contributed by atoms with E-state index >= 15 is 0 Å². The second kappa shape index (κ2) is 9.24. The van der Waals surface area contributed by atoms with Crippen LogP contribution in [0.3, 0.4) is 0 Å². The average molecular weight is 431 g/mol. The van der Waals surface area contributed by atoms with E-state index in [0.717, 1.165) is 25.7 Å². The van der Waals surface area contributed by atoms with Crippen molar-refractivity contribution in [1.82, 2.24) is 10.0 Å². The summed E-state index contributed by atoms with van der Waals surface area (Å²) in [7, 11) is -2.57. The number of hydrogen-bond acceptors (Lipinski definition) is 5. The summed E-state index contributed by atoms with van der Waals surface area (Å²) >= 11 is 0. The van der Waals surface area contributed by atoms with Crippen molar-refractivity contribution in [2.45, 2.75) is 42.7 Å². The molecule has 0 aliphatic heterocycles. The Bertz CT molecular complexity index is 1080. The third kappa shape index (κ3) is 4.78. The Morgan fingerprint density at radius 2 is 1.93 bits per heavy atom. The van der Waals surface area contributed by atoms with Crippen LogP contribution in [-0.2, 0) is 10.0 Å². The van der Waals surface area contributed by atoms with Crippen LogP contribution in [0.4, 0.5) is 4.39 Å². The first-order valence-electron chi connectivity index (χ1n) is 9.51. The number of carbonyl (C=O) groups is 1. The molecule has 0 spiro atoms. The molecule has 0 bridgehead atoms. The molecule has 2 aromatic carbocycles. The van der Waals surface area contributed by atoms with Gasteiger partial charge in [-0.2, -0.15) is 5.26 Å². The molecule has 30 heavy (non-hydrogen) atoms. The fourth-order valence-corrected chi connectivity index (χ4v) is 4.96. The summed E-state index contributed by atoms with van der Waals surface area (Å²) in [6, 6.07) is 10.1. The number of sulfonamides is 1. The number of hydrogen-bond donors (Lipinski definition) is 2. The topological polar surface area (TPSA) is 108 Å². The number of nitriles is 1. The molecule has 7 nitrogen and oxygen atoms in total. The molecule has 1 amide bonds. The van der Waals surface area contributed by atoms with Crippen molar-refractivity contribution in [2.24, 2.45) is 0 Å². The minimum atomic E-state index is -3.92. The predicted molar refractivity (Wildman–Crippen MR) is 108 cm³/mol. The molecule has 1 aliphatic rings. The van der Waals surface area contributed by atoms with E-state index in [2.05, 4.69) is 10.0 Å². The van der Waals surface area contributed by atoms with E-state index in [-0.39, 0.29) is 27.8 Å². The van der Waals surface area contributed by atoms with Gasteiger partial charge in [-0.3, -0.25) is 4.79 Å². The highest BCUT2D eigenvalue weighted by atomic mass is 32.2. The minimum absolute atomic E-state index is 0.0131. The van der Waals surface area contributed by atoms with Gasteiger partial charge in [0.1, 0.15) is 22.5 Å². The average Bonchev–Trinajstić information content (AvgIpc) is 3.24. The summed E-state index contributed by atoms with van der Waals surface area (Å²) in [4.78, 5) is 12.5. The second-order valence-corrected chi connectivity index (χ2v) is 8.71. The van der Waals surface area contributed by atoms with E-state index in [0.29, 0.717) is 0 Å². The zero-order valence-corrected chi connectivity index (χ0v) is 17.2. The van der Waals surface area contributed by atoms with Crippen LogP contribution in [0.25, 0.3) is 0 Å². The van der Waals surface area contributed by atoms with Crippen LogP contribution in [0.1, 0.15) is 47.6 Å². The first-order valence-corrected chi connectivity index (χ1v) is 11.0. The fraction of sp³-hybridized carbons (Fsp3) is 0.333. The summed E-state index contributed by atoms with van der Waals surface area (Å²) in [5.41, 5.74) is 0.0387. The second-order valence-electron chi connectivity index (χ2n) is 7.03. The quantitative estimate of drug-likeness (QED) is 0.701. The van der Waals surface area contributed by atoms with E-state index < -0.39 is 27.8 Å². The highest BCUT2D eigenvalue weighted by molar-refractivity contribution is 7.89. The number of benzene rings is 2. The van der Waals surface area contributed by atoms with E-state index in [9.17, 15) is 22.9 Å². The number of methoxy groups -OCH3 is 1. The lowest BCUT2D eigenvalue weighted by Gasteiger charge is -2.16. The SMILES string of the molecule is COc1ccc(C(=O)NC(C#N)c2ccccc2F)cc1S(=O)(=O)NC1CCCC1. The Labute approximate surface area is 174 Å². The van der Waals surface area contributed by atoms with Crippen LogP contribution in [0.15, 0.2) is 47.4 Å². The molecule has 3 rings (SSSR count). The number of rotatable bonds is 7. The van der Waals surface area contributed by atoms with Gasteiger partial charge in [0.15, 0.2) is 0 Å².